The van der Waals surface area contributed by atoms with Crippen LogP contribution in [0.25, 0.3) is 0 Å². The van der Waals surface area contributed by atoms with Crippen molar-refractivity contribution >= 4 is 0 Å². The Labute approximate surface area is 156 Å². The van der Waals surface area contributed by atoms with Crippen LogP contribution in [0.5, 0.6) is 0 Å². The first-order chi connectivity index (χ1) is 11.9. The van der Waals surface area contributed by atoms with Crippen molar-refractivity contribution in [3.8, 4) is 0 Å². The van der Waals surface area contributed by atoms with Gasteiger partial charge in [-0.2, -0.15) is 0 Å². The molecular formula is C22H43NO2. The minimum Gasteiger partial charge on any atom is -0.347 e. The molecule has 0 bridgehead atoms. The van der Waals surface area contributed by atoms with E-state index < -0.39 is 0 Å². The Morgan fingerprint density at radius 1 is 1.00 bits per heavy atom. The van der Waals surface area contributed by atoms with Gasteiger partial charge in [-0.3, -0.25) is 0 Å². The predicted molar refractivity (Wildman–Crippen MR) is 106 cm³/mol. The van der Waals surface area contributed by atoms with E-state index in [-0.39, 0.29) is 5.79 Å². The highest BCUT2D eigenvalue weighted by Crippen LogP contribution is 2.45. The van der Waals surface area contributed by atoms with Crippen LogP contribution < -0.4 is 0 Å². The normalized spacial score (nSPS) is 30.5. The highest BCUT2D eigenvalue weighted by Gasteiger charge is 2.45. The third-order valence-corrected chi connectivity index (χ3v) is 6.41. The molecular weight excluding hydrogens is 310 g/mol. The minimum absolute atomic E-state index is 0.233. The van der Waals surface area contributed by atoms with Gasteiger partial charge >= 0.3 is 0 Å². The van der Waals surface area contributed by atoms with E-state index in [1.807, 2.05) is 0 Å². The molecule has 1 spiro atoms. The second-order valence-corrected chi connectivity index (χ2v) is 9.39. The SMILES string of the molecule is CCCCN(CC)CCCCC1COC2(CCC(C(C)(C)C)CC2)O1. The molecule has 148 valence electrons. The Morgan fingerprint density at radius 3 is 2.28 bits per heavy atom. The predicted octanol–water partition coefficient (Wildman–Crippen LogP) is 5.63. The summed E-state index contributed by atoms with van der Waals surface area (Å²) < 4.78 is 12.6. The van der Waals surface area contributed by atoms with Gasteiger partial charge in [0.25, 0.3) is 0 Å². The number of unbranched alkanes of at least 4 members (excludes halogenated alkanes) is 2. The summed E-state index contributed by atoms with van der Waals surface area (Å²) in [7, 11) is 0. The van der Waals surface area contributed by atoms with Crippen molar-refractivity contribution in [3.05, 3.63) is 0 Å². The Balaban J connectivity index is 1.63. The molecule has 0 amide bonds. The molecule has 0 radical (unpaired) electrons. The topological polar surface area (TPSA) is 21.7 Å². The fourth-order valence-electron chi connectivity index (χ4n) is 4.46. The first-order valence-electron chi connectivity index (χ1n) is 10.9. The zero-order valence-electron chi connectivity index (χ0n) is 17.6. The van der Waals surface area contributed by atoms with E-state index in [0.29, 0.717) is 11.5 Å². The maximum atomic E-state index is 6.41. The molecule has 0 aromatic rings. The lowest BCUT2D eigenvalue weighted by Crippen LogP contribution is -2.38. The van der Waals surface area contributed by atoms with Crippen LogP contribution in [0.1, 0.15) is 92.4 Å². The summed E-state index contributed by atoms with van der Waals surface area (Å²) in [6.45, 7) is 16.2. The fourth-order valence-corrected chi connectivity index (χ4v) is 4.46. The largest absolute Gasteiger partial charge is 0.347 e. The Hall–Kier alpha value is -0.120. The molecule has 1 aliphatic carbocycles. The minimum atomic E-state index is -0.233. The zero-order valence-corrected chi connectivity index (χ0v) is 17.6. The van der Waals surface area contributed by atoms with Crippen LogP contribution in [-0.2, 0) is 9.47 Å². The van der Waals surface area contributed by atoms with Crippen LogP contribution in [0.3, 0.4) is 0 Å². The summed E-state index contributed by atoms with van der Waals surface area (Å²) >= 11 is 0. The summed E-state index contributed by atoms with van der Waals surface area (Å²) in [5.41, 5.74) is 0.419. The molecule has 25 heavy (non-hydrogen) atoms. The molecule has 0 aromatic heterocycles. The van der Waals surface area contributed by atoms with Crippen molar-refractivity contribution in [1.82, 2.24) is 4.90 Å². The number of rotatable bonds is 9. The molecule has 2 fully saturated rings. The maximum absolute atomic E-state index is 6.41. The van der Waals surface area contributed by atoms with Gasteiger partial charge in [0.15, 0.2) is 5.79 Å². The van der Waals surface area contributed by atoms with Gasteiger partial charge in [0.2, 0.25) is 0 Å². The van der Waals surface area contributed by atoms with Crippen LogP contribution in [0.15, 0.2) is 0 Å². The third kappa shape index (κ3) is 6.52. The molecule has 2 aliphatic rings. The van der Waals surface area contributed by atoms with E-state index in [1.165, 1.54) is 58.2 Å². The van der Waals surface area contributed by atoms with E-state index in [2.05, 4.69) is 39.5 Å². The molecule has 2 rings (SSSR count). The van der Waals surface area contributed by atoms with Crippen LogP contribution in [-0.4, -0.2) is 43.0 Å². The van der Waals surface area contributed by atoms with Gasteiger partial charge in [0.1, 0.15) is 0 Å². The molecule has 3 heteroatoms. The van der Waals surface area contributed by atoms with Crippen molar-refractivity contribution in [2.45, 2.75) is 104 Å². The molecule has 1 unspecified atom stereocenters. The lowest BCUT2D eigenvalue weighted by atomic mass is 9.71. The number of hydrogen-bond donors (Lipinski definition) is 0. The Kier molecular flexibility index (Phi) is 8.23. The van der Waals surface area contributed by atoms with Gasteiger partial charge < -0.3 is 14.4 Å². The fraction of sp³-hybridized carbons (Fsp3) is 1.00. The second-order valence-electron chi connectivity index (χ2n) is 9.39. The lowest BCUT2D eigenvalue weighted by molar-refractivity contribution is -0.197. The number of hydrogen-bond acceptors (Lipinski definition) is 3. The molecule has 0 aromatic carbocycles. The van der Waals surface area contributed by atoms with Crippen molar-refractivity contribution in [2.75, 3.05) is 26.2 Å². The van der Waals surface area contributed by atoms with Gasteiger partial charge in [-0.25, -0.2) is 0 Å². The first kappa shape index (κ1) is 21.2. The summed E-state index contributed by atoms with van der Waals surface area (Å²) in [5, 5.41) is 0. The zero-order chi connectivity index (χ0) is 18.3. The number of nitrogens with zero attached hydrogens (tertiary/aromatic N) is 1. The van der Waals surface area contributed by atoms with Gasteiger partial charge in [-0.05, 0) is 69.5 Å². The summed E-state index contributed by atoms with van der Waals surface area (Å²) in [5.74, 6) is 0.579. The first-order valence-corrected chi connectivity index (χ1v) is 10.9. The van der Waals surface area contributed by atoms with Crippen LogP contribution in [0.4, 0.5) is 0 Å². The standard InChI is InChI=1S/C22H43NO2/c1-6-8-16-23(7-2)17-10-9-11-20-18-24-22(25-20)14-12-19(13-15-22)21(3,4)5/h19-20H,6-18H2,1-5H3. The van der Waals surface area contributed by atoms with Crippen molar-refractivity contribution in [2.24, 2.45) is 11.3 Å². The number of ether oxygens (including phenoxy) is 2. The second kappa shape index (κ2) is 9.71. The van der Waals surface area contributed by atoms with Gasteiger partial charge in [-0.15, -0.1) is 0 Å². The highest BCUT2D eigenvalue weighted by atomic mass is 16.7. The summed E-state index contributed by atoms with van der Waals surface area (Å²) in [4.78, 5) is 2.59. The third-order valence-electron chi connectivity index (χ3n) is 6.41. The van der Waals surface area contributed by atoms with Gasteiger partial charge in [0.05, 0.1) is 12.7 Å². The van der Waals surface area contributed by atoms with Crippen LogP contribution in [0.2, 0.25) is 0 Å². The van der Waals surface area contributed by atoms with Crippen molar-refractivity contribution < 1.29 is 9.47 Å². The molecule has 1 atom stereocenters. The van der Waals surface area contributed by atoms with E-state index in [1.54, 1.807) is 0 Å². The van der Waals surface area contributed by atoms with E-state index in [9.17, 15) is 0 Å². The maximum Gasteiger partial charge on any atom is 0.168 e. The van der Waals surface area contributed by atoms with Crippen molar-refractivity contribution in [3.63, 3.8) is 0 Å². The smallest absolute Gasteiger partial charge is 0.168 e. The Bertz CT molecular complexity index is 369. The lowest BCUT2D eigenvalue weighted by Gasteiger charge is -2.41. The quantitative estimate of drug-likeness (QED) is 0.502. The summed E-state index contributed by atoms with van der Waals surface area (Å²) in [6, 6.07) is 0. The average Bonchev–Trinajstić information content (AvgIpc) is 2.96. The molecule has 1 saturated heterocycles. The molecule has 1 aliphatic heterocycles. The molecule has 0 N–H and O–H groups in total. The van der Waals surface area contributed by atoms with Crippen LogP contribution >= 0.6 is 0 Å². The molecule has 1 saturated carbocycles. The van der Waals surface area contributed by atoms with E-state index >= 15 is 0 Å². The molecule has 1 heterocycles. The van der Waals surface area contributed by atoms with Gasteiger partial charge in [-0.1, -0.05) is 41.0 Å². The Morgan fingerprint density at radius 2 is 1.68 bits per heavy atom. The van der Waals surface area contributed by atoms with Crippen LogP contribution in [0, 0.1) is 11.3 Å². The van der Waals surface area contributed by atoms with Gasteiger partial charge in [0, 0.05) is 12.8 Å². The monoisotopic (exact) mass is 353 g/mol. The van der Waals surface area contributed by atoms with E-state index in [0.717, 1.165) is 31.8 Å². The van der Waals surface area contributed by atoms with Crippen molar-refractivity contribution in [1.29, 1.82) is 0 Å². The highest BCUT2D eigenvalue weighted by molar-refractivity contribution is 4.88. The summed E-state index contributed by atoms with van der Waals surface area (Å²) in [6.07, 6.45) is 11.3. The average molecular weight is 354 g/mol. The molecule has 3 nitrogen and oxygen atoms in total. The van der Waals surface area contributed by atoms with E-state index in [4.69, 9.17) is 9.47 Å².